The van der Waals surface area contributed by atoms with Gasteiger partial charge in [-0.15, -0.1) is 0 Å². The van der Waals surface area contributed by atoms with Crippen LogP contribution in [0.1, 0.15) is 50.2 Å². The SMILES string of the molecule is CCOc1ccc2c(c1F)OCc1c-2ccc(CCC2CCCC2)c1F. The average Bonchev–Trinajstić information content (AvgIpc) is 3.17. The Balaban J connectivity index is 1.63. The van der Waals surface area contributed by atoms with Crippen LogP contribution in [-0.2, 0) is 13.0 Å². The van der Waals surface area contributed by atoms with E-state index in [4.69, 9.17) is 9.47 Å². The van der Waals surface area contributed by atoms with Crippen molar-refractivity contribution in [2.75, 3.05) is 6.61 Å². The number of fused-ring (bicyclic) bond motifs is 3. The number of benzene rings is 2. The molecule has 2 aromatic rings. The summed E-state index contributed by atoms with van der Waals surface area (Å²) in [5.74, 6) is 0.347. The zero-order chi connectivity index (χ0) is 18.1. The van der Waals surface area contributed by atoms with Gasteiger partial charge in [0.25, 0.3) is 0 Å². The van der Waals surface area contributed by atoms with E-state index in [0.29, 0.717) is 17.7 Å². The third kappa shape index (κ3) is 3.06. The molecule has 0 saturated heterocycles. The molecule has 0 atom stereocenters. The van der Waals surface area contributed by atoms with Gasteiger partial charge in [0, 0.05) is 11.1 Å². The highest BCUT2D eigenvalue weighted by Gasteiger charge is 2.26. The Morgan fingerprint density at radius 1 is 1.04 bits per heavy atom. The first-order valence-electron chi connectivity index (χ1n) is 9.57. The number of hydrogen-bond donors (Lipinski definition) is 0. The van der Waals surface area contributed by atoms with E-state index >= 15 is 4.39 Å². The minimum atomic E-state index is -0.513. The van der Waals surface area contributed by atoms with Crippen molar-refractivity contribution < 1.29 is 18.3 Å². The fourth-order valence-electron chi connectivity index (χ4n) is 4.22. The highest BCUT2D eigenvalue weighted by molar-refractivity contribution is 5.76. The second-order valence-corrected chi connectivity index (χ2v) is 7.23. The lowest BCUT2D eigenvalue weighted by Crippen LogP contribution is -2.12. The van der Waals surface area contributed by atoms with Crippen LogP contribution in [0, 0.1) is 17.6 Å². The van der Waals surface area contributed by atoms with Crippen molar-refractivity contribution in [3.8, 4) is 22.6 Å². The van der Waals surface area contributed by atoms with Gasteiger partial charge in [0.15, 0.2) is 11.5 Å². The Morgan fingerprint density at radius 3 is 2.58 bits per heavy atom. The Bertz CT molecular complexity index is 810. The summed E-state index contributed by atoms with van der Waals surface area (Å²) in [5.41, 5.74) is 2.59. The fourth-order valence-corrected chi connectivity index (χ4v) is 4.22. The quantitative estimate of drug-likeness (QED) is 0.648. The van der Waals surface area contributed by atoms with Gasteiger partial charge in [-0.05, 0) is 48.9 Å². The first kappa shape index (κ1) is 17.3. The van der Waals surface area contributed by atoms with Gasteiger partial charge in [0.1, 0.15) is 12.4 Å². The van der Waals surface area contributed by atoms with Crippen molar-refractivity contribution in [1.82, 2.24) is 0 Å². The van der Waals surface area contributed by atoms with Gasteiger partial charge in [0.05, 0.1) is 6.61 Å². The summed E-state index contributed by atoms with van der Waals surface area (Å²) in [6.45, 7) is 2.24. The Labute approximate surface area is 153 Å². The van der Waals surface area contributed by atoms with E-state index in [2.05, 4.69) is 0 Å². The predicted octanol–water partition coefficient (Wildman–Crippen LogP) is 6.05. The Hall–Kier alpha value is -2.10. The minimum Gasteiger partial charge on any atom is -0.491 e. The second kappa shape index (κ2) is 7.26. The average molecular weight is 358 g/mol. The van der Waals surface area contributed by atoms with Crippen LogP contribution in [-0.4, -0.2) is 6.61 Å². The van der Waals surface area contributed by atoms with E-state index in [1.807, 2.05) is 12.1 Å². The summed E-state index contributed by atoms with van der Waals surface area (Å²) in [6.07, 6.45) is 6.94. The molecule has 1 aliphatic carbocycles. The normalized spacial score (nSPS) is 16.1. The van der Waals surface area contributed by atoms with Gasteiger partial charge in [-0.2, -0.15) is 4.39 Å². The van der Waals surface area contributed by atoms with Crippen LogP contribution in [0.5, 0.6) is 11.5 Å². The lowest BCUT2D eigenvalue weighted by atomic mass is 9.91. The maximum Gasteiger partial charge on any atom is 0.207 e. The maximum absolute atomic E-state index is 15.0. The molecular weight excluding hydrogens is 334 g/mol. The lowest BCUT2D eigenvalue weighted by Gasteiger charge is -2.24. The van der Waals surface area contributed by atoms with Crippen LogP contribution < -0.4 is 9.47 Å². The minimum absolute atomic E-state index is 0.0535. The molecular formula is C22H24F2O2. The molecule has 2 aromatic carbocycles. The number of aryl methyl sites for hydroxylation is 1. The van der Waals surface area contributed by atoms with Gasteiger partial charge in [-0.3, -0.25) is 0 Å². The van der Waals surface area contributed by atoms with Crippen molar-refractivity contribution in [3.05, 3.63) is 47.0 Å². The molecule has 2 aliphatic rings. The van der Waals surface area contributed by atoms with Gasteiger partial charge < -0.3 is 9.47 Å². The molecule has 0 spiro atoms. The van der Waals surface area contributed by atoms with E-state index in [1.165, 1.54) is 25.7 Å². The van der Waals surface area contributed by atoms with Crippen molar-refractivity contribution in [2.24, 2.45) is 5.92 Å². The highest BCUT2D eigenvalue weighted by Crippen LogP contribution is 2.43. The third-order valence-electron chi connectivity index (χ3n) is 5.63. The van der Waals surface area contributed by atoms with Crippen molar-refractivity contribution in [3.63, 3.8) is 0 Å². The zero-order valence-electron chi connectivity index (χ0n) is 15.1. The first-order valence-corrected chi connectivity index (χ1v) is 9.57. The second-order valence-electron chi connectivity index (χ2n) is 7.23. The number of ether oxygens (including phenoxy) is 2. The number of halogens is 2. The first-order chi connectivity index (χ1) is 12.7. The monoisotopic (exact) mass is 358 g/mol. The Kier molecular flexibility index (Phi) is 4.84. The van der Waals surface area contributed by atoms with Crippen molar-refractivity contribution in [2.45, 2.75) is 52.1 Å². The zero-order valence-corrected chi connectivity index (χ0v) is 15.1. The molecule has 0 bridgehead atoms. The summed E-state index contributed by atoms with van der Waals surface area (Å²) in [5, 5.41) is 0. The largest absolute Gasteiger partial charge is 0.491 e. The van der Waals surface area contributed by atoms with E-state index in [-0.39, 0.29) is 23.9 Å². The van der Waals surface area contributed by atoms with Crippen LogP contribution >= 0.6 is 0 Å². The summed E-state index contributed by atoms with van der Waals surface area (Å²) in [4.78, 5) is 0. The smallest absolute Gasteiger partial charge is 0.207 e. The molecule has 1 aliphatic heterocycles. The molecule has 0 aromatic heterocycles. The van der Waals surface area contributed by atoms with E-state index in [1.54, 1.807) is 19.1 Å². The standard InChI is InChI=1S/C22H24F2O2/c1-2-25-19-12-11-17-16-10-9-15(8-7-14-5-3-4-6-14)20(23)18(16)13-26-22(17)21(19)24/h9-12,14H,2-8,13H2,1H3. The van der Waals surface area contributed by atoms with Crippen LogP contribution in [0.25, 0.3) is 11.1 Å². The van der Waals surface area contributed by atoms with Crippen molar-refractivity contribution >= 4 is 0 Å². The molecule has 1 heterocycles. The molecule has 1 saturated carbocycles. The molecule has 4 heteroatoms. The summed E-state index contributed by atoms with van der Waals surface area (Å²) in [6, 6.07) is 7.09. The molecule has 0 radical (unpaired) electrons. The molecule has 0 amide bonds. The van der Waals surface area contributed by atoms with Crippen LogP contribution in [0.15, 0.2) is 24.3 Å². The van der Waals surface area contributed by atoms with Crippen molar-refractivity contribution in [1.29, 1.82) is 0 Å². The molecule has 0 N–H and O–H groups in total. The third-order valence-corrected chi connectivity index (χ3v) is 5.63. The van der Waals surface area contributed by atoms with E-state index in [0.717, 1.165) is 29.9 Å². The fraction of sp³-hybridized carbons (Fsp3) is 0.455. The Morgan fingerprint density at radius 2 is 1.81 bits per heavy atom. The van der Waals surface area contributed by atoms with Crippen LogP contribution in [0.3, 0.4) is 0 Å². The maximum atomic E-state index is 15.0. The summed E-state index contributed by atoms with van der Waals surface area (Å²) < 4.78 is 40.5. The molecule has 26 heavy (non-hydrogen) atoms. The molecule has 1 fully saturated rings. The number of rotatable bonds is 5. The van der Waals surface area contributed by atoms with E-state index < -0.39 is 5.82 Å². The van der Waals surface area contributed by atoms with Crippen LogP contribution in [0.4, 0.5) is 8.78 Å². The summed E-state index contributed by atoms with van der Waals surface area (Å²) in [7, 11) is 0. The topological polar surface area (TPSA) is 18.5 Å². The molecule has 138 valence electrons. The highest BCUT2D eigenvalue weighted by atomic mass is 19.1. The van der Waals surface area contributed by atoms with Gasteiger partial charge in [-0.25, -0.2) is 4.39 Å². The molecule has 2 nitrogen and oxygen atoms in total. The van der Waals surface area contributed by atoms with E-state index in [9.17, 15) is 4.39 Å². The number of hydrogen-bond acceptors (Lipinski definition) is 2. The van der Waals surface area contributed by atoms with Gasteiger partial charge in [0.2, 0.25) is 5.82 Å². The molecule has 4 rings (SSSR count). The predicted molar refractivity (Wildman–Crippen MR) is 97.6 cm³/mol. The van der Waals surface area contributed by atoms with Gasteiger partial charge in [-0.1, -0.05) is 37.8 Å². The molecule has 0 unspecified atom stereocenters. The lowest BCUT2D eigenvalue weighted by molar-refractivity contribution is 0.266. The summed E-state index contributed by atoms with van der Waals surface area (Å²) >= 11 is 0. The van der Waals surface area contributed by atoms with Crippen LogP contribution in [0.2, 0.25) is 0 Å². The van der Waals surface area contributed by atoms with Gasteiger partial charge >= 0.3 is 0 Å².